The van der Waals surface area contributed by atoms with Crippen LogP contribution in [0.4, 0.5) is 14.5 Å². The van der Waals surface area contributed by atoms with Crippen LogP contribution in [0.2, 0.25) is 5.02 Å². The van der Waals surface area contributed by atoms with Crippen molar-refractivity contribution in [3.8, 4) is 0 Å². The molecule has 2 aliphatic heterocycles. The van der Waals surface area contributed by atoms with Crippen molar-refractivity contribution in [3.63, 3.8) is 0 Å². The third-order valence-corrected chi connectivity index (χ3v) is 7.75. The summed E-state index contributed by atoms with van der Waals surface area (Å²) in [5.41, 5.74) is -1.40. The highest BCUT2D eigenvalue weighted by Gasteiger charge is 2.40. The highest BCUT2D eigenvalue weighted by molar-refractivity contribution is 7.89. The van der Waals surface area contributed by atoms with Crippen molar-refractivity contribution in [1.29, 1.82) is 0 Å². The van der Waals surface area contributed by atoms with Gasteiger partial charge in [-0.2, -0.15) is 0 Å². The second-order valence-electron chi connectivity index (χ2n) is 9.95. The van der Waals surface area contributed by atoms with Crippen molar-refractivity contribution in [2.24, 2.45) is 0 Å². The standard InChI is InChI=1S/C25H29ClF2N4O5S/c1-25(35,15-9-16(27)11-17(28)10-15)24(34)31-7-5-20(6-8-31)32-13-19(14-32)29-18-3-4-21(22(26)12-18)23(33)30-38(2,36)37/h3-4,9-12,19-20,29,35H,5-8,13-14H2,1-2H3,(H,30,33)/t25-/m0/s1. The summed E-state index contributed by atoms with van der Waals surface area (Å²) in [4.78, 5) is 28.8. The summed E-state index contributed by atoms with van der Waals surface area (Å²) in [6.07, 6.45) is 2.28. The number of hydrogen-bond acceptors (Lipinski definition) is 7. The van der Waals surface area contributed by atoms with Gasteiger partial charge in [0.25, 0.3) is 11.8 Å². The summed E-state index contributed by atoms with van der Waals surface area (Å²) < 4.78 is 51.7. The zero-order valence-corrected chi connectivity index (χ0v) is 22.5. The van der Waals surface area contributed by atoms with Crippen LogP contribution in [-0.2, 0) is 20.4 Å². The van der Waals surface area contributed by atoms with Gasteiger partial charge in [0.05, 0.1) is 22.9 Å². The van der Waals surface area contributed by atoms with Crippen LogP contribution >= 0.6 is 11.6 Å². The molecule has 0 aromatic heterocycles. The molecule has 0 bridgehead atoms. The van der Waals surface area contributed by atoms with E-state index in [9.17, 15) is 31.9 Å². The summed E-state index contributed by atoms with van der Waals surface area (Å²) in [5.74, 6) is -3.10. The quantitative estimate of drug-likeness (QED) is 0.467. The molecule has 2 aromatic carbocycles. The second kappa shape index (κ2) is 10.8. The minimum Gasteiger partial charge on any atom is -0.380 e. The molecule has 1 atom stereocenters. The van der Waals surface area contributed by atoms with Crippen LogP contribution in [0.1, 0.15) is 35.7 Å². The van der Waals surface area contributed by atoms with Gasteiger partial charge < -0.3 is 15.3 Å². The number of halogens is 3. The number of nitrogens with one attached hydrogen (secondary N) is 2. The first kappa shape index (κ1) is 28.2. The Bertz CT molecular complexity index is 1320. The monoisotopic (exact) mass is 570 g/mol. The number of amides is 2. The van der Waals surface area contributed by atoms with Crippen LogP contribution in [0, 0.1) is 11.6 Å². The predicted octanol–water partition coefficient (Wildman–Crippen LogP) is 2.30. The maximum atomic E-state index is 13.6. The Hall–Kier alpha value is -2.80. The van der Waals surface area contributed by atoms with Crippen molar-refractivity contribution in [1.82, 2.24) is 14.5 Å². The summed E-state index contributed by atoms with van der Waals surface area (Å²) >= 11 is 6.18. The zero-order chi connectivity index (χ0) is 27.8. The average Bonchev–Trinajstić information content (AvgIpc) is 2.79. The number of carbonyl (C=O) groups excluding carboxylic acids is 2. The fraction of sp³-hybridized carbons (Fsp3) is 0.440. The van der Waals surface area contributed by atoms with Gasteiger partial charge in [0, 0.05) is 44.0 Å². The topological polar surface area (TPSA) is 119 Å². The molecular formula is C25H29ClF2N4O5S. The van der Waals surface area contributed by atoms with E-state index >= 15 is 0 Å². The van der Waals surface area contributed by atoms with E-state index in [1.54, 1.807) is 12.1 Å². The molecule has 0 radical (unpaired) electrons. The van der Waals surface area contributed by atoms with E-state index in [0.29, 0.717) is 37.7 Å². The molecule has 9 nitrogen and oxygen atoms in total. The molecule has 13 heteroatoms. The van der Waals surface area contributed by atoms with E-state index in [1.165, 1.54) is 17.9 Å². The van der Waals surface area contributed by atoms with Crippen LogP contribution in [0.15, 0.2) is 36.4 Å². The smallest absolute Gasteiger partial charge is 0.266 e. The first-order valence-corrected chi connectivity index (χ1v) is 14.3. The lowest BCUT2D eigenvalue weighted by molar-refractivity contribution is -0.152. The SMILES string of the molecule is C[C@@](O)(C(=O)N1CCC(N2CC(Nc3ccc(C(=O)NS(C)(=O)=O)c(Cl)c3)C2)CC1)c1cc(F)cc(F)c1. The lowest BCUT2D eigenvalue weighted by Crippen LogP contribution is -2.61. The second-order valence-corrected chi connectivity index (χ2v) is 12.1. The van der Waals surface area contributed by atoms with Gasteiger partial charge in [-0.05, 0) is 55.7 Å². The Morgan fingerprint density at radius 3 is 2.24 bits per heavy atom. The van der Waals surface area contributed by atoms with Crippen molar-refractivity contribution in [3.05, 3.63) is 64.2 Å². The molecule has 0 aliphatic carbocycles. The Morgan fingerprint density at radius 2 is 1.68 bits per heavy atom. The fourth-order valence-corrected chi connectivity index (χ4v) is 5.56. The Balaban J connectivity index is 1.26. The van der Waals surface area contributed by atoms with E-state index in [2.05, 4.69) is 10.2 Å². The normalized spacial score (nSPS) is 18.9. The number of hydrogen-bond donors (Lipinski definition) is 3. The van der Waals surface area contributed by atoms with Gasteiger partial charge in [-0.25, -0.2) is 21.9 Å². The number of likely N-dealkylation sites (tertiary alicyclic amines) is 2. The van der Waals surface area contributed by atoms with Crippen LogP contribution in [0.25, 0.3) is 0 Å². The molecule has 38 heavy (non-hydrogen) atoms. The number of sulfonamides is 1. The summed E-state index contributed by atoms with van der Waals surface area (Å²) in [7, 11) is -3.70. The first-order chi connectivity index (χ1) is 17.7. The van der Waals surface area contributed by atoms with Crippen LogP contribution in [-0.4, -0.2) is 79.7 Å². The third-order valence-electron chi connectivity index (χ3n) is 6.88. The predicted molar refractivity (Wildman–Crippen MR) is 138 cm³/mol. The summed E-state index contributed by atoms with van der Waals surface area (Å²) in [5, 5.41) is 14.2. The number of benzene rings is 2. The van der Waals surface area contributed by atoms with Crippen LogP contribution in [0.3, 0.4) is 0 Å². The van der Waals surface area contributed by atoms with E-state index in [-0.39, 0.29) is 28.2 Å². The third kappa shape index (κ3) is 6.42. The highest BCUT2D eigenvalue weighted by Crippen LogP contribution is 2.29. The molecule has 0 unspecified atom stereocenters. The lowest BCUT2D eigenvalue weighted by atomic mass is 9.91. The molecule has 206 valence electrons. The van der Waals surface area contributed by atoms with Crippen LogP contribution in [0.5, 0.6) is 0 Å². The number of carbonyl (C=O) groups is 2. The van der Waals surface area contributed by atoms with Gasteiger partial charge in [0.1, 0.15) is 11.6 Å². The Kier molecular flexibility index (Phi) is 7.99. The average molecular weight is 571 g/mol. The lowest BCUT2D eigenvalue weighted by Gasteiger charge is -2.48. The minimum atomic E-state index is -3.70. The molecular weight excluding hydrogens is 542 g/mol. The maximum absolute atomic E-state index is 13.6. The molecule has 4 rings (SSSR count). The fourth-order valence-electron chi connectivity index (χ4n) is 4.85. The number of anilines is 1. The van der Waals surface area contributed by atoms with E-state index in [0.717, 1.165) is 31.5 Å². The van der Waals surface area contributed by atoms with E-state index in [4.69, 9.17) is 11.6 Å². The molecule has 2 fully saturated rings. The van der Waals surface area contributed by atoms with E-state index in [1.807, 2.05) is 4.72 Å². The largest absolute Gasteiger partial charge is 0.380 e. The Labute approximate surface area is 224 Å². The van der Waals surface area contributed by atoms with Crippen molar-refractivity contribution in [2.45, 2.75) is 37.5 Å². The Morgan fingerprint density at radius 1 is 1.08 bits per heavy atom. The molecule has 0 spiro atoms. The summed E-state index contributed by atoms with van der Waals surface area (Å²) in [6, 6.07) is 7.70. The van der Waals surface area contributed by atoms with Crippen molar-refractivity contribution >= 4 is 39.1 Å². The molecule has 2 aromatic rings. The minimum absolute atomic E-state index is 0.0562. The van der Waals surface area contributed by atoms with Gasteiger partial charge in [-0.15, -0.1) is 0 Å². The van der Waals surface area contributed by atoms with Crippen molar-refractivity contribution < 1.29 is 31.9 Å². The first-order valence-electron chi connectivity index (χ1n) is 12.0. The number of piperidine rings is 1. The highest BCUT2D eigenvalue weighted by atomic mass is 35.5. The molecule has 2 saturated heterocycles. The van der Waals surface area contributed by atoms with Gasteiger partial charge in [0.2, 0.25) is 10.0 Å². The molecule has 2 aliphatic rings. The van der Waals surface area contributed by atoms with Gasteiger partial charge in [0.15, 0.2) is 5.60 Å². The zero-order valence-electron chi connectivity index (χ0n) is 20.9. The maximum Gasteiger partial charge on any atom is 0.266 e. The number of aliphatic hydroxyl groups is 1. The van der Waals surface area contributed by atoms with Crippen molar-refractivity contribution in [2.75, 3.05) is 37.8 Å². The number of rotatable bonds is 7. The molecule has 2 amide bonds. The molecule has 0 saturated carbocycles. The van der Waals surface area contributed by atoms with Gasteiger partial charge in [-0.1, -0.05) is 11.6 Å². The van der Waals surface area contributed by atoms with E-state index < -0.39 is 39.1 Å². The van der Waals surface area contributed by atoms with Gasteiger partial charge >= 0.3 is 0 Å². The van der Waals surface area contributed by atoms with Gasteiger partial charge in [-0.3, -0.25) is 14.5 Å². The number of nitrogens with zero attached hydrogens (tertiary/aromatic N) is 2. The van der Waals surface area contributed by atoms with Crippen LogP contribution < -0.4 is 10.0 Å². The molecule has 3 N–H and O–H groups in total. The molecule has 2 heterocycles. The summed E-state index contributed by atoms with van der Waals surface area (Å²) in [6.45, 7) is 3.59.